The van der Waals surface area contributed by atoms with Gasteiger partial charge >= 0.3 is 0 Å². The molecule has 1 heterocycles. The van der Waals surface area contributed by atoms with Crippen molar-refractivity contribution < 1.29 is 14.3 Å². The summed E-state index contributed by atoms with van der Waals surface area (Å²) in [6.45, 7) is 1.27. The summed E-state index contributed by atoms with van der Waals surface area (Å²) in [6, 6.07) is 7.16. The molecule has 1 aromatic rings. The lowest BCUT2D eigenvalue weighted by atomic mass is 9.89. The minimum Gasteiger partial charge on any atom is -0.497 e. The Morgan fingerprint density at radius 1 is 1.25 bits per heavy atom. The molecule has 1 amide bonds. The normalized spacial score (nSPS) is 16.0. The van der Waals surface area contributed by atoms with Crippen molar-refractivity contribution in [3.63, 3.8) is 0 Å². The number of Topliss-reactive ketones (excluding diaryl/α,β-unsaturated/α-hetero) is 1. The first kappa shape index (κ1) is 14.5. The molecule has 1 aromatic carbocycles. The molecule has 5 nitrogen and oxygen atoms in total. The predicted octanol–water partition coefficient (Wildman–Crippen LogP) is 1.08. The molecule has 0 aliphatic carbocycles. The third-order valence-corrected chi connectivity index (χ3v) is 3.77. The van der Waals surface area contributed by atoms with Crippen LogP contribution in [0, 0.1) is 5.92 Å². The van der Waals surface area contributed by atoms with Crippen molar-refractivity contribution in [1.29, 1.82) is 0 Å². The highest BCUT2D eigenvalue weighted by molar-refractivity contribution is 5.98. The molecule has 1 aliphatic heterocycles. The van der Waals surface area contributed by atoms with Gasteiger partial charge in [0.1, 0.15) is 5.75 Å². The highest BCUT2D eigenvalue weighted by atomic mass is 16.5. The Hall–Kier alpha value is -1.88. The summed E-state index contributed by atoms with van der Waals surface area (Å²) >= 11 is 0. The van der Waals surface area contributed by atoms with Gasteiger partial charge < -0.3 is 15.4 Å². The number of hydrogen-bond donors (Lipinski definition) is 1. The molecule has 0 saturated carbocycles. The maximum atomic E-state index is 12.4. The number of nitrogens with two attached hydrogens (primary N) is 1. The van der Waals surface area contributed by atoms with Gasteiger partial charge in [0.05, 0.1) is 13.7 Å². The van der Waals surface area contributed by atoms with E-state index in [2.05, 4.69) is 0 Å². The predicted molar refractivity (Wildman–Crippen MR) is 75.7 cm³/mol. The van der Waals surface area contributed by atoms with Crippen molar-refractivity contribution in [2.24, 2.45) is 11.7 Å². The second-order valence-electron chi connectivity index (χ2n) is 4.95. The summed E-state index contributed by atoms with van der Waals surface area (Å²) < 4.78 is 5.08. The topological polar surface area (TPSA) is 72.6 Å². The van der Waals surface area contributed by atoms with Gasteiger partial charge in [0.25, 0.3) is 0 Å². The van der Waals surface area contributed by atoms with Crippen LogP contribution in [0.2, 0.25) is 0 Å². The molecule has 20 heavy (non-hydrogen) atoms. The SMILES string of the molecule is COc1ccc(C(=O)C2CCN(C(=O)CN)CC2)cc1. The van der Waals surface area contributed by atoms with Crippen molar-refractivity contribution >= 4 is 11.7 Å². The lowest BCUT2D eigenvalue weighted by molar-refractivity contribution is -0.130. The van der Waals surface area contributed by atoms with Gasteiger partial charge in [-0.25, -0.2) is 0 Å². The van der Waals surface area contributed by atoms with E-state index >= 15 is 0 Å². The average molecular weight is 276 g/mol. The quantitative estimate of drug-likeness (QED) is 0.835. The van der Waals surface area contributed by atoms with Gasteiger partial charge in [-0.2, -0.15) is 0 Å². The molecule has 0 spiro atoms. The average Bonchev–Trinajstić information content (AvgIpc) is 2.53. The summed E-state index contributed by atoms with van der Waals surface area (Å²) in [7, 11) is 1.60. The number of ether oxygens (including phenoxy) is 1. The Bertz CT molecular complexity index is 476. The van der Waals surface area contributed by atoms with Crippen LogP contribution in [0.1, 0.15) is 23.2 Å². The lowest BCUT2D eigenvalue weighted by Crippen LogP contribution is -2.43. The van der Waals surface area contributed by atoms with E-state index in [-0.39, 0.29) is 24.2 Å². The molecular formula is C15H20N2O3. The van der Waals surface area contributed by atoms with E-state index < -0.39 is 0 Å². The summed E-state index contributed by atoms with van der Waals surface area (Å²) in [5, 5.41) is 0. The number of hydrogen-bond acceptors (Lipinski definition) is 4. The van der Waals surface area contributed by atoms with Crippen molar-refractivity contribution in [1.82, 2.24) is 4.90 Å². The zero-order valence-corrected chi connectivity index (χ0v) is 11.7. The zero-order chi connectivity index (χ0) is 14.5. The number of amides is 1. The number of carbonyl (C=O) groups excluding carboxylic acids is 2. The van der Waals surface area contributed by atoms with Gasteiger partial charge in [0, 0.05) is 24.6 Å². The van der Waals surface area contributed by atoms with E-state index in [4.69, 9.17) is 10.5 Å². The highest BCUT2D eigenvalue weighted by Gasteiger charge is 2.27. The third-order valence-electron chi connectivity index (χ3n) is 3.77. The summed E-state index contributed by atoms with van der Waals surface area (Å²) in [4.78, 5) is 25.6. The molecule has 0 aromatic heterocycles. The standard InChI is InChI=1S/C15H20N2O3/c1-20-13-4-2-11(3-5-13)15(19)12-6-8-17(9-7-12)14(18)10-16/h2-5,12H,6-10,16H2,1H3. The summed E-state index contributed by atoms with van der Waals surface area (Å²) in [6.07, 6.45) is 1.41. The zero-order valence-electron chi connectivity index (χ0n) is 11.7. The Morgan fingerprint density at radius 2 is 1.85 bits per heavy atom. The highest BCUT2D eigenvalue weighted by Crippen LogP contribution is 2.23. The van der Waals surface area contributed by atoms with Gasteiger partial charge in [0.15, 0.2) is 5.78 Å². The molecule has 1 aliphatic rings. The third kappa shape index (κ3) is 3.17. The maximum absolute atomic E-state index is 12.4. The van der Waals surface area contributed by atoms with Crippen LogP contribution in [-0.2, 0) is 4.79 Å². The van der Waals surface area contributed by atoms with Gasteiger partial charge in [0.2, 0.25) is 5.91 Å². The Morgan fingerprint density at radius 3 is 2.35 bits per heavy atom. The molecule has 2 rings (SSSR count). The number of rotatable bonds is 4. The minimum absolute atomic E-state index is 0.00906. The van der Waals surface area contributed by atoms with Crippen LogP contribution in [0.3, 0.4) is 0 Å². The van der Waals surface area contributed by atoms with E-state index in [9.17, 15) is 9.59 Å². The Kier molecular flexibility index (Phi) is 4.74. The van der Waals surface area contributed by atoms with Crippen LogP contribution < -0.4 is 10.5 Å². The number of benzene rings is 1. The molecule has 1 fully saturated rings. The molecule has 0 atom stereocenters. The van der Waals surface area contributed by atoms with Crippen LogP contribution in [0.4, 0.5) is 0 Å². The fourth-order valence-corrected chi connectivity index (χ4v) is 2.51. The minimum atomic E-state index is -0.0413. The fourth-order valence-electron chi connectivity index (χ4n) is 2.51. The molecule has 2 N–H and O–H groups in total. The van der Waals surface area contributed by atoms with E-state index in [1.165, 1.54) is 0 Å². The second-order valence-corrected chi connectivity index (χ2v) is 4.95. The largest absolute Gasteiger partial charge is 0.497 e. The first-order valence-electron chi connectivity index (χ1n) is 6.82. The number of piperidine rings is 1. The summed E-state index contributed by atoms with van der Waals surface area (Å²) in [5.74, 6) is 0.836. The van der Waals surface area contributed by atoms with E-state index in [1.807, 2.05) is 0 Å². The smallest absolute Gasteiger partial charge is 0.236 e. The lowest BCUT2D eigenvalue weighted by Gasteiger charge is -2.31. The van der Waals surface area contributed by atoms with Gasteiger partial charge in [-0.15, -0.1) is 0 Å². The Labute approximate surface area is 118 Å². The first-order chi connectivity index (χ1) is 9.65. The van der Waals surface area contributed by atoms with Crippen LogP contribution in [-0.4, -0.2) is 43.3 Å². The molecule has 1 saturated heterocycles. The number of nitrogens with zero attached hydrogens (tertiary/aromatic N) is 1. The van der Waals surface area contributed by atoms with E-state index in [1.54, 1.807) is 36.3 Å². The van der Waals surface area contributed by atoms with Crippen LogP contribution >= 0.6 is 0 Å². The number of carbonyl (C=O) groups is 2. The number of likely N-dealkylation sites (tertiary alicyclic amines) is 1. The van der Waals surface area contributed by atoms with Gasteiger partial charge in [-0.3, -0.25) is 9.59 Å². The van der Waals surface area contributed by atoms with Crippen LogP contribution in [0.5, 0.6) is 5.75 Å². The molecule has 5 heteroatoms. The number of ketones is 1. The molecule has 0 bridgehead atoms. The van der Waals surface area contributed by atoms with Crippen LogP contribution in [0.25, 0.3) is 0 Å². The van der Waals surface area contributed by atoms with Crippen molar-refractivity contribution in [2.75, 3.05) is 26.7 Å². The molecule has 0 unspecified atom stereocenters. The van der Waals surface area contributed by atoms with Crippen LogP contribution in [0.15, 0.2) is 24.3 Å². The van der Waals surface area contributed by atoms with Gasteiger partial charge in [-0.1, -0.05) is 0 Å². The monoisotopic (exact) mass is 276 g/mol. The Balaban J connectivity index is 1.95. The van der Waals surface area contributed by atoms with Gasteiger partial charge in [-0.05, 0) is 37.1 Å². The molecular weight excluding hydrogens is 256 g/mol. The molecule has 0 radical (unpaired) electrons. The van der Waals surface area contributed by atoms with Crippen molar-refractivity contribution in [3.8, 4) is 5.75 Å². The summed E-state index contributed by atoms with van der Waals surface area (Å²) in [5.41, 5.74) is 6.05. The van der Waals surface area contributed by atoms with E-state index in [0.29, 0.717) is 31.5 Å². The second kappa shape index (κ2) is 6.52. The number of methoxy groups -OCH3 is 1. The fraction of sp³-hybridized carbons (Fsp3) is 0.467. The maximum Gasteiger partial charge on any atom is 0.236 e. The van der Waals surface area contributed by atoms with Crippen molar-refractivity contribution in [3.05, 3.63) is 29.8 Å². The first-order valence-corrected chi connectivity index (χ1v) is 6.82. The van der Waals surface area contributed by atoms with E-state index in [0.717, 1.165) is 5.75 Å². The molecule has 108 valence electrons. The van der Waals surface area contributed by atoms with Crippen molar-refractivity contribution in [2.45, 2.75) is 12.8 Å².